The van der Waals surface area contributed by atoms with Gasteiger partial charge in [0.15, 0.2) is 0 Å². The Morgan fingerprint density at radius 1 is 1.47 bits per heavy atom. The second-order valence-electron chi connectivity index (χ2n) is 4.03. The summed E-state index contributed by atoms with van der Waals surface area (Å²) >= 11 is 0. The van der Waals surface area contributed by atoms with Crippen LogP contribution in [-0.4, -0.2) is 32.1 Å². The van der Waals surface area contributed by atoms with Crippen molar-refractivity contribution in [3.63, 3.8) is 0 Å². The Morgan fingerprint density at radius 3 is 2.82 bits per heavy atom. The van der Waals surface area contributed by atoms with Crippen molar-refractivity contribution in [1.29, 1.82) is 5.26 Å². The van der Waals surface area contributed by atoms with Crippen molar-refractivity contribution in [3.8, 4) is 11.8 Å². The highest BCUT2D eigenvalue weighted by atomic mass is 16.5. The fourth-order valence-corrected chi connectivity index (χ4v) is 1.69. The van der Waals surface area contributed by atoms with Crippen LogP contribution in [0.5, 0.6) is 5.75 Å². The number of nitrogens with two attached hydrogens (primary N) is 1. The maximum Gasteiger partial charge on any atom is 0.136 e. The fraction of sp³-hybridized carbons (Fsp3) is 0.462. The molecule has 0 unspecified atom stereocenters. The van der Waals surface area contributed by atoms with Gasteiger partial charge in [0.1, 0.15) is 11.8 Å². The molecule has 1 rings (SSSR count). The molecule has 0 aromatic heterocycles. The Labute approximate surface area is 103 Å². The summed E-state index contributed by atoms with van der Waals surface area (Å²) in [5.74, 6) is 0.626. The van der Waals surface area contributed by atoms with Crippen molar-refractivity contribution < 1.29 is 4.74 Å². The lowest BCUT2D eigenvalue weighted by molar-refractivity contribution is 0.324. The zero-order valence-electron chi connectivity index (χ0n) is 10.4. The molecule has 0 aliphatic rings. The number of nitrogens with zero attached hydrogens (tertiary/aromatic N) is 2. The lowest BCUT2D eigenvalue weighted by atomic mass is 10.1. The quantitative estimate of drug-likeness (QED) is 0.805. The topological polar surface area (TPSA) is 62.3 Å². The van der Waals surface area contributed by atoms with Crippen molar-refractivity contribution in [2.45, 2.75) is 13.0 Å². The van der Waals surface area contributed by atoms with E-state index in [1.165, 1.54) is 0 Å². The maximum absolute atomic E-state index is 8.99. The first kappa shape index (κ1) is 13.5. The van der Waals surface area contributed by atoms with Gasteiger partial charge in [-0.05, 0) is 44.3 Å². The smallest absolute Gasteiger partial charge is 0.136 e. The van der Waals surface area contributed by atoms with Gasteiger partial charge in [0.2, 0.25) is 0 Å². The van der Waals surface area contributed by atoms with E-state index in [0.29, 0.717) is 17.9 Å². The molecule has 0 aliphatic carbocycles. The molecule has 0 atom stereocenters. The minimum absolute atomic E-state index is 0.581. The molecule has 0 aliphatic heterocycles. The molecule has 0 bridgehead atoms. The van der Waals surface area contributed by atoms with Crippen molar-refractivity contribution >= 4 is 0 Å². The number of benzene rings is 1. The van der Waals surface area contributed by atoms with E-state index >= 15 is 0 Å². The third-order valence-electron chi connectivity index (χ3n) is 2.58. The first-order chi connectivity index (χ1) is 8.21. The summed E-state index contributed by atoms with van der Waals surface area (Å²) in [5.41, 5.74) is 7.16. The summed E-state index contributed by atoms with van der Waals surface area (Å²) in [6, 6.07) is 7.84. The van der Waals surface area contributed by atoms with Gasteiger partial charge in [-0.1, -0.05) is 6.07 Å². The SMILES string of the molecule is COc1ccc(CN(C)CCCN)cc1C#N. The summed E-state index contributed by atoms with van der Waals surface area (Å²) in [6.07, 6.45) is 0.984. The minimum atomic E-state index is 0.581. The van der Waals surface area contributed by atoms with Crippen LogP contribution in [0.15, 0.2) is 18.2 Å². The van der Waals surface area contributed by atoms with E-state index in [-0.39, 0.29) is 0 Å². The average molecular weight is 233 g/mol. The number of nitriles is 1. The van der Waals surface area contributed by atoms with Gasteiger partial charge in [-0.15, -0.1) is 0 Å². The summed E-state index contributed by atoms with van der Waals surface area (Å²) < 4.78 is 5.11. The predicted molar refractivity (Wildman–Crippen MR) is 67.7 cm³/mol. The molecular formula is C13H19N3O. The maximum atomic E-state index is 8.99. The molecule has 1 aromatic rings. The molecule has 4 nitrogen and oxygen atoms in total. The van der Waals surface area contributed by atoms with Gasteiger partial charge in [-0.3, -0.25) is 0 Å². The molecule has 0 spiro atoms. The van der Waals surface area contributed by atoms with Crippen LogP contribution in [0, 0.1) is 11.3 Å². The summed E-state index contributed by atoms with van der Waals surface area (Å²) in [6.45, 7) is 2.49. The Morgan fingerprint density at radius 2 is 2.24 bits per heavy atom. The highest BCUT2D eigenvalue weighted by molar-refractivity contribution is 5.45. The molecule has 2 N–H and O–H groups in total. The van der Waals surface area contributed by atoms with E-state index in [1.807, 2.05) is 25.2 Å². The number of hydrogen-bond acceptors (Lipinski definition) is 4. The van der Waals surface area contributed by atoms with Crippen LogP contribution in [-0.2, 0) is 6.54 Å². The Hall–Kier alpha value is -1.57. The first-order valence-electron chi connectivity index (χ1n) is 5.67. The van der Waals surface area contributed by atoms with Crippen LogP contribution in [0.4, 0.5) is 0 Å². The van der Waals surface area contributed by atoms with E-state index in [1.54, 1.807) is 7.11 Å². The van der Waals surface area contributed by atoms with Crippen molar-refractivity contribution in [3.05, 3.63) is 29.3 Å². The largest absolute Gasteiger partial charge is 0.495 e. The molecule has 92 valence electrons. The van der Waals surface area contributed by atoms with Crippen molar-refractivity contribution in [2.24, 2.45) is 5.73 Å². The number of hydrogen-bond donors (Lipinski definition) is 1. The van der Waals surface area contributed by atoms with E-state index in [0.717, 1.165) is 25.1 Å². The molecule has 0 saturated heterocycles. The average Bonchev–Trinajstić information content (AvgIpc) is 2.36. The zero-order valence-corrected chi connectivity index (χ0v) is 10.4. The lowest BCUT2D eigenvalue weighted by Crippen LogP contribution is -2.21. The minimum Gasteiger partial charge on any atom is -0.495 e. The molecule has 0 fully saturated rings. The van der Waals surface area contributed by atoms with Gasteiger partial charge in [0.05, 0.1) is 12.7 Å². The lowest BCUT2D eigenvalue weighted by Gasteiger charge is -2.16. The highest BCUT2D eigenvalue weighted by Gasteiger charge is 2.05. The Kier molecular flexibility index (Phi) is 5.47. The van der Waals surface area contributed by atoms with E-state index < -0.39 is 0 Å². The Balaban J connectivity index is 2.69. The standard InChI is InChI=1S/C13H19N3O/c1-16(7-3-6-14)10-11-4-5-13(17-2)12(8-11)9-15/h4-5,8H,3,6-7,10,14H2,1-2H3. The summed E-state index contributed by atoms with van der Waals surface area (Å²) in [7, 11) is 3.62. The van der Waals surface area contributed by atoms with Crippen molar-refractivity contribution in [2.75, 3.05) is 27.2 Å². The van der Waals surface area contributed by atoms with Gasteiger partial charge >= 0.3 is 0 Å². The molecule has 1 aromatic carbocycles. The summed E-state index contributed by atoms with van der Waals surface area (Å²) in [4.78, 5) is 2.19. The summed E-state index contributed by atoms with van der Waals surface area (Å²) in [5, 5.41) is 8.99. The number of methoxy groups -OCH3 is 1. The van der Waals surface area contributed by atoms with Crippen LogP contribution in [0.1, 0.15) is 17.5 Å². The van der Waals surface area contributed by atoms with Crippen LogP contribution in [0.2, 0.25) is 0 Å². The van der Waals surface area contributed by atoms with Crippen molar-refractivity contribution in [1.82, 2.24) is 4.90 Å². The third kappa shape index (κ3) is 4.06. The number of ether oxygens (including phenoxy) is 1. The van der Waals surface area contributed by atoms with E-state index in [4.69, 9.17) is 15.7 Å². The van der Waals surface area contributed by atoms with Gasteiger partial charge in [-0.25, -0.2) is 0 Å². The molecule has 17 heavy (non-hydrogen) atoms. The van der Waals surface area contributed by atoms with Gasteiger partial charge in [-0.2, -0.15) is 5.26 Å². The molecule has 4 heteroatoms. The fourth-order valence-electron chi connectivity index (χ4n) is 1.69. The van der Waals surface area contributed by atoms with Gasteiger partial charge < -0.3 is 15.4 Å². The predicted octanol–water partition coefficient (Wildman–Crippen LogP) is 1.35. The van der Waals surface area contributed by atoms with E-state index in [2.05, 4.69) is 11.0 Å². The Bertz CT molecular complexity index is 398. The van der Waals surface area contributed by atoms with Crippen LogP contribution in [0.3, 0.4) is 0 Å². The molecule has 0 heterocycles. The van der Waals surface area contributed by atoms with E-state index in [9.17, 15) is 0 Å². The van der Waals surface area contributed by atoms with Gasteiger partial charge in [0, 0.05) is 6.54 Å². The molecular weight excluding hydrogens is 214 g/mol. The second kappa shape index (κ2) is 6.89. The number of rotatable bonds is 6. The monoisotopic (exact) mass is 233 g/mol. The molecule has 0 amide bonds. The van der Waals surface area contributed by atoms with Gasteiger partial charge in [0.25, 0.3) is 0 Å². The normalized spacial score (nSPS) is 10.3. The third-order valence-corrected chi connectivity index (χ3v) is 2.58. The highest BCUT2D eigenvalue weighted by Crippen LogP contribution is 2.19. The van der Waals surface area contributed by atoms with Crippen LogP contribution < -0.4 is 10.5 Å². The molecule has 0 saturated carbocycles. The van der Waals surface area contributed by atoms with Crippen LogP contribution >= 0.6 is 0 Å². The molecule has 0 radical (unpaired) electrons. The zero-order chi connectivity index (χ0) is 12.7. The van der Waals surface area contributed by atoms with Crippen LogP contribution in [0.25, 0.3) is 0 Å². The first-order valence-corrected chi connectivity index (χ1v) is 5.67. The second-order valence-corrected chi connectivity index (χ2v) is 4.03.